The Morgan fingerprint density at radius 3 is 2.81 bits per heavy atom. The van der Waals surface area contributed by atoms with Crippen LogP contribution in [0.4, 0.5) is 0 Å². The molecule has 2 heterocycles. The highest BCUT2D eigenvalue weighted by atomic mass is 32.1. The van der Waals surface area contributed by atoms with E-state index < -0.39 is 0 Å². The molecule has 6 nitrogen and oxygen atoms in total. The fourth-order valence-electron chi connectivity index (χ4n) is 1.35. The summed E-state index contributed by atoms with van der Waals surface area (Å²) in [4.78, 5) is 0. The van der Waals surface area contributed by atoms with Crippen molar-refractivity contribution in [1.29, 1.82) is 0 Å². The van der Waals surface area contributed by atoms with Gasteiger partial charge in [-0.2, -0.15) is 5.10 Å². The van der Waals surface area contributed by atoms with Crippen molar-refractivity contribution in [1.82, 2.24) is 25.0 Å². The van der Waals surface area contributed by atoms with Crippen molar-refractivity contribution in [3.8, 4) is 17.4 Å². The maximum absolute atomic E-state index is 5.09. The van der Waals surface area contributed by atoms with Gasteiger partial charge in [0, 0.05) is 12.6 Å². The van der Waals surface area contributed by atoms with Gasteiger partial charge in [-0.1, -0.05) is 0 Å². The third-order valence-electron chi connectivity index (χ3n) is 2.15. The monoisotopic (exact) mass is 237 g/mol. The van der Waals surface area contributed by atoms with Gasteiger partial charge in [0.25, 0.3) is 0 Å². The fourth-order valence-corrected chi connectivity index (χ4v) is 1.62. The highest BCUT2D eigenvalue weighted by molar-refractivity contribution is 7.71. The van der Waals surface area contributed by atoms with Crippen LogP contribution in [0.1, 0.15) is 6.92 Å². The molecule has 16 heavy (non-hydrogen) atoms. The molecule has 0 aliphatic rings. The number of H-pyrrole nitrogens is 1. The fraction of sp³-hybridized carbons (Fsp3) is 0.333. The lowest BCUT2D eigenvalue weighted by Crippen LogP contribution is -2.00. The summed E-state index contributed by atoms with van der Waals surface area (Å²) in [5.41, 5.74) is 0.662. The van der Waals surface area contributed by atoms with Gasteiger partial charge in [0.15, 0.2) is 10.6 Å². The number of nitrogens with zero attached hydrogens (tertiary/aromatic N) is 4. The molecule has 0 saturated heterocycles. The molecule has 2 aromatic rings. The van der Waals surface area contributed by atoms with Gasteiger partial charge in [0.05, 0.1) is 7.11 Å². The second-order valence-electron chi connectivity index (χ2n) is 3.06. The Hall–Kier alpha value is -1.76. The zero-order valence-electron chi connectivity index (χ0n) is 8.97. The van der Waals surface area contributed by atoms with E-state index >= 15 is 0 Å². The van der Waals surface area contributed by atoms with Gasteiger partial charge in [0.1, 0.15) is 5.69 Å². The minimum Gasteiger partial charge on any atom is -0.480 e. The summed E-state index contributed by atoms with van der Waals surface area (Å²) in [5.74, 6) is 1.16. The summed E-state index contributed by atoms with van der Waals surface area (Å²) in [5, 5.41) is 14.7. The molecule has 7 heteroatoms. The van der Waals surface area contributed by atoms with Gasteiger partial charge >= 0.3 is 0 Å². The van der Waals surface area contributed by atoms with Crippen molar-refractivity contribution in [3.63, 3.8) is 0 Å². The summed E-state index contributed by atoms with van der Waals surface area (Å²) in [6.45, 7) is 2.73. The quantitative estimate of drug-likeness (QED) is 0.818. The topological polar surface area (TPSA) is 68.6 Å². The molecule has 0 spiro atoms. The van der Waals surface area contributed by atoms with Crippen LogP contribution in [0.5, 0.6) is 5.88 Å². The largest absolute Gasteiger partial charge is 0.480 e. The number of rotatable bonds is 3. The molecule has 0 saturated carbocycles. The molecule has 0 bridgehead atoms. The summed E-state index contributed by atoms with van der Waals surface area (Å²) < 4.78 is 7.37. The van der Waals surface area contributed by atoms with Gasteiger partial charge in [-0.3, -0.25) is 9.67 Å². The average Bonchev–Trinajstić information content (AvgIpc) is 2.70. The van der Waals surface area contributed by atoms with E-state index in [0.717, 1.165) is 6.54 Å². The first-order valence-corrected chi connectivity index (χ1v) is 5.20. The van der Waals surface area contributed by atoms with E-state index in [1.165, 1.54) is 0 Å². The molecule has 0 amide bonds. The number of hydrogen-bond donors (Lipinski definition) is 1. The second kappa shape index (κ2) is 4.40. The van der Waals surface area contributed by atoms with Crippen molar-refractivity contribution < 1.29 is 4.74 Å². The van der Waals surface area contributed by atoms with Crippen LogP contribution in [0.15, 0.2) is 12.1 Å². The smallest absolute Gasteiger partial charge is 0.233 e. The van der Waals surface area contributed by atoms with Crippen molar-refractivity contribution in [2.24, 2.45) is 0 Å². The van der Waals surface area contributed by atoms with E-state index in [2.05, 4.69) is 20.4 Å². The highest BCUT2D eigenvalue weighted by Crippen LogP contribution is 2.15. The minimum atomic E-state index is 0.473. The van der Waals surface area contributed by atoms with E-state index in [4.69, 9.17) is 17.0 Å². The molecule has 0 unspecified atom stereocenters. The van der Waals surface area contributed by atoms with Crippen molar-refractivity contribution in [2.45, 2.75) is 13.5 Å². The number of aromatic amines is 1. The standard InChI is InChI=1S/C9H11N5OS/c1-3-14-8(12-13-9(14)16)6-4-5-7(15-2)11-10-6/h4-5H,3H2,1-2H3,(H,13,16). The van der Waals surface area contributed by atoms with Crippen LogP contribution in [0.3, 0.4) is 0 Å². The third kappa shape index (κ3) is 1.81. The minimum absolute atomic E-state index is 0.473. The molecular weight excluding hydrogens is 226 g/mol. The molecule has 84 valence electrons. The summed E-state index contributed by atoms with van der Waals surface area (Å²) in [6, 6.07) is 3.53. The number of nitrogens with one attached hydrogen (secondary N) is 1. The van der Waals surface area contributed by atoms with Gasteiger partial charge in [-0.25, -0.2) is 0 Å². The highest BCUT2D eigenvalue weighted by Gasteiger charge is 2.09. The maximum Gasteiger partial charge on any atom is 0.233 e. The molecule has 2 aromatic heterocycles. The van der Waals surface area contributed by atoms with Crippen molar-refractivity contribution in [2.75, 3.05) is 7.11 Å². The average molecular weight is 237 g/mol. The lowest BCUT2D eigenvalue weighted by Gasteiger charge is -2.02. The Morgan fingerprint density at radius 1 is 1.44 bits per heavy atom. The first-order chi connectivity index (χ1) is 7.76. The van der Waals surface area contributed by atoms with Gasteiger partial charge < -0.3 is 4.74 Å². The molecule has 0 aliphatic heterocycles. The normalized spacial score (nSPS) is 10.4. The van der Waals surface area contributed by atoms with E-state index in [1.807, 2.05) is 11.5 Å². The zero-order chi connectivity index (χ0) is 11.5. The second-order valence-corrected chi connectivity index (χ2v) is 3.44. The van der Waals surface area contributed by atoms with Crippen LogP contribution in [-0.4, -0.2) is 32.1 Å². The summed E-state index contributed by atoms with van der Waals surface area (Å²) in [7, 11) is 1.55. The van der Waals surface area contributed by atoms with E-state index in [0.29, 0.717) is 22.2 Å². The van der Waals surface area contributed by atoms with Gasteiger partial charge in [-0.05, 0) is 25.2 Å². The summed E-state index contributed by atoms with van der Waals surface area (Å²) >= 11 is 5.09. The Balaban J connectivity index is 2.46. The molecule has 1 N–H and O–H groups in total. The molecule has 2 rings (SSSR count). The predicted octanol–water partition coefficient (Wildman–Crippen LogP) is 1.43. The first kappa shape index (κ1) is 10.7. The molecule has 0 radical (unpaired) electrons. The predicted molar refractivity (Wildman–Crippen MR) is 60.7 cm³/mol. The zero-order valence-corrected chi connectivity index (χ0v) is 9.78. The lowest BCUT2D eigenvalue weighted by molar-refractivity contribution is 0.392. The molecule has 0 aromatic carbocycles. The lowest BCUT2D eigenvalue weighted by atomic mass is 10.3. The van der Waals surface area contributed by atoms with Crippen LogP contribution < -0.4 is 4.74 Å². The Morgan fingerprint density at radius 2 is 2.25 bits per heavy atom. The Kier molecular flexibility index (Phi) is 2.95. The van der Waals surface area contributed by atoms with Crippen LogP contribution in [0.2, 0.25) is 0 Å². The first-order valence-electron chi connectivity index (χ1n) is 4.79. The maximum atomic E-state index is 5.09. The molecule has 0 fully saturated rings. The van der Waals surface area contributed by atoms with Crippen LogP contribution >= 0.6 is 12.2 Å². The number of ether oxygens (including phenoxy) is 1. The number of hydrogen-bond acceptors (Lipinski definition) is 5. The Labute approximate surface area is 97.3 Å². The summed E-state index contributed by atoms with van der Waals surface area (Å²) in [6.07, 6.45) is 0. The van der Waals surface area contributed by atoms with Crippen molar-refractivity contribution in [3.05, 3.63) is 16.9 Å². The SMILES string of the molecule is CCn1c(-c2ccc(OC)nn2)n[nH]c1=S. The van der Waals surface area contributed by atoms with Crippen LogP contribution in [0.25, 0.3) is 11.5 Å². The molecule has 0 atom stereocenters. The van der Waals surface area contributed by atoms with E-state index in [-0.39, 0.29) is 0 Å². The molecule has 0 aliphatic carbocycles. The van der Waals surface area contributed by atoms with Crippen LogP contribution in [0, 0.1) is 4.77 Å². The van der Waals surface area contributed by atoms with Crippen LogP contribution in [-0.2, 0) is 6.54 Å². The van der Waals surface area contributed by atoms with E-state index in [1.54, 1.807) is 19.2 Å². The van der Waals surface area contributed by atoms with Gasteiger partial charge in [-0.15, -0.1) is 10.2 Å². The third-order valence-corrected chi connectivity index (χ3v) is 2.46. The Bertz CT molecular complexity index is 530. The number of aromatic nitrogens is 5. The van der Waals surface area contributed by atoms with Gasteiger partial charge in [0.2, 0.25) is 5.88 Å². The number of methoxy groups -OCH3 is 1. The van der Waals surface area contributed by atoms with Crippen molar-refractivity contribution >= 4 is 12.2 Å². The van der Waals surface area contributed by atoms with E-state index in [9.17, 15) is 0 Å². The molecular formula is C9H11N5OS.